The summed E-state index contributed by atoms with van der Waals surface area (Å²) in [6.07, 6.45) is 4.14. The van der Waals surface area contributed by atoms with Crippen molar-refractivity contribution in [1.82, 2.24) is 4.98 Å². The van der Waals surface area contributed by atoms with Crippen LogP contribution in [0, 0.1) is 0 Å². The van der Waals surface area contributed by atoms with Gasteiger partial charge in [0.15, 0.2) is 0 Å². The average Bonchev–Trinajstić information content (AvgIpc) is 2.76. The molecule has 140 valence electrons. The minimum atomic E-state index is -0.487. The highest BCUT2D eigenvalue weighted by Gasteiger charge is 2.52. The van der Waals surface area contributed by atoms with Crippen LogP contribution in [0.3, 0.4) is 0 Å². The van der Waals surface area contributed by atoms with Crippen LogP contribution in [-0.2, 0) is 9.31 Å². The Morgan fingerprint density at radius 1 is 0.920 bits per heavy atom. The molecule has 1 aromatic rings. The summed E-state index contributed by atoms with van der Waals surface area (Å²) >= 11 is 0. The molecule has 0 radical (unpaired) electrons. The molecule has 0 aliphatic carbocycles. The van der Waals surface area contributed by atoms with Crippen LogP contribution in [0.25, 0.3) is 0 Å². The third-order valence-electron chi connectivity index (χ3n) is 4.86. The second kappa shape index (κ2) is 8.41. The summed E-state index contributed by atoms with van der Waals surface area (Å²) < 4.78 is 23.9. The molecule has 1 saturated heterocycles. The van der Waals surface area contributed by atoms with E-state index in [9.17, 15) is 0 Å². The highest BCUT2D eigenvalue weighted by atomic mass is 16.7. The molecule has 0 N–H and O–H groups in total. The summed E-state index contributed by atoms with van der Waals surface area (Å²) in [7, 11) is -0.487. The van der Waals surface area contributed by atoms with Crippen LogP contribution in [0.5, 0.6) is 11.8 Å². The molecule has 0 unspecified atom stereocenters. The van der Waals surface area contributed by atoms with E-state index >= 15 is 0 Å². The van der Waals surface area contributed by atoms with Crippen molar-refractivity contribution in [1.29, 1.82) is 0 Å². The van der Waals surface area contributed by atoms with Crippen LogP contribution in [0.4, 0.5) is 0 Å². The van der Waals surface area contributed by atoms with E-state index in [1.807, 2.05) is 39.8 Å². The van der Waals surface area contributed by atoms with Crippen LogP contribution in [0.2, 0.25) is 0 Å². The minimum absolute atomic E-state index is 0.394. The fraction of sp³-hybridized carbons (Fsp3) is 0.737. The van der Waals surface area contributed by atoms with Crippen LogP contribution < -0.4 is 14.9 Å². The number of unbranched alkanes of at least 4 members (excludes halogenated alkanes) is 2. The van der Waals surface area contributed by atoms with Gasteiger partial charge in [0, 0.05) is 11.5 Å². The van der Waals surface area contributed by atoms with E-state index in [2.05, 4.69) is 18.8 Å². The number of hydrogen-bond acceptors (Lipinski definition) is 5. The maximum absolute atomic E-state index is 6.15. The van der Waals surface area contributed by atoms with Gasteiger partial charge in [-0.15, -0.1) is 0 Å². The highest BCUT2D eigenvalue weighted by Crippen LogP contribution is 2.37. The topological polar surface area (TPSA) is 49.8 Å². The first-order valence-electron chi connectivity index (χ1n) is 9.43. The lowest BCUT2D eigenvalue weighted by Crippen LogP contribution is -2.41. The average molecular weight is 349 g/mol. The third kappa shape index (κ3) is 4.88. The molecule has 5 nitrogen and oxygen atoms in total. The van der Waals surface area contributed by atoms with E-state index in [0.29, 0.717) is 25.0 Å². The van der Waals surface area contributed by atoms with Gasteiger partial charge in [-0.05, 0) is 40.5 Å². The van der Waals surface area contributed by atoms with E-state index in [4.69, 9.17) is 18.8 Å². The maximum Gasteiger partial charge on any atom is 0.500 e. The molecule has 0 bridgehead atoms. The molecule has 2 rings (SSSR count). The van der Waals surface area contributed by atoms with E-state index in [1.54, 1.807) is 0 Å². The van der Waals surface area contributed by atoms with Crippen molar-refractivity contribution in [3.05, 3.63) is 12.1 Å². The molecule has 0 atom stereocenters. The van der Waals surface area contributed by atoms with Crippen LogP contribution >= 0.6 is 0 Å². The van der Waals surface area contributed by atoms with Gasteiger partial charge >= 0.3 is 7.12 Å². The Balaban J connectivity index is 2.20. The predicted molar refractivity (Wildman–Crippen MR) is 101 cm³/mol. The number of ether oxygens (including phenoxy) is 2. The largest absolute Gasteiger partial charge is 0.500 e. The molecule has 0 aromatic carbocycles. The molecule has 1 aliphatic rings. The Bertz CT molecular complexity index is 546. The monoisotopic (exact) mass is 349 g/mol. The zero-order chi connectivity index (χ0) is 18.5. The van der Waals surface area contributed by atoms with Crippen molar-refractivity contribution in [2.75, 3.05) is 13.2 Å². The van der Waals surface area contributed by atoms with Crippen molar-refractivity contribution >= 4 is 12.6 Å². The molecule has 25 heavy (non-hydrogen) atoms. The first-order chi connectivity index (χ1) is 11.8. The number of pyridine rings is 1. The standard InChI is InChI=1S/C19H32BNO4/c1-7-9-13-22-16-12-11-15(17(21-16)23-14-10-8-2)20-24-18(3,4)19(5,6)25-20/h11-12H,7-10,13-14H2,1-6H3. The molecule has 0 saturated carbocycles. The first-order valence-corrected chi connectivity index (χ1v) is 9.43. The lowest BCUT2D eigenvalue weighted by molar-refractivity contribution is 0.00578. The molecule has 1 fully saturated rings. The van der Waals surface area contributed by atoms with E-state index in [-0.39, 0.29) is 0 Å². The van der Waals surface area contributed by atoms with Gasteiger partial charge in [0.1, 0.15) is 0 Å². The number of rotatable bonds is 9. The summed E-state index contributed by atoms with van der Waals surface area (Å²) in [5, 5.41) is 0. The third-order valence-corrected chi connectivity index (χ3v) is 4.86. The zero-order valence-corrected chi connectivity index (χ0v) is 16.6. The Morgan fingerprint density at radius 2 is 1.48 bits per heavy atom. The fourth-order valence-electron chi connectivity index (χ4n) is 2.41. The molecule has 1 aromatic heterocycles. The van der Waals surface area contributed by atoms with Gasteiger partial charge in [-0.1, -0.05) is 32.8 Å². The number of hydrogen-bond donors (Lipinski definition) is 0. The summed E-state index contributed by atoms with van der Waals surface area (Å²) in [5.41, 5.74) is 0.0288. The number of aromatic nitrogens is 1. The van der Waals surface area contributed by atoms with Crippen LogP contribution in [0.1, 0.15) is 67.2 Å². The summed E-state index contributed by atoms with van der Waals surface area (Å²) in [4.78, 5) is 4.55. The molecular formula is C19H32BNO4. The maximum atomic E-state index is 6.15. The SMILES string of the molecule is CCCCOc1ccc(B2OC(C)(C)C(C)(C)O2)c(OCCCC)n1. The second-order valence-electron chi connectivity index (χ2n) is 7.54. The van der Waals surface area contributed by atoms with Crippen LogP contribution in [-0.4, -0.2) is 36.5 Å². The van der Waals surface area contributed by atoms with Gasteiger partial charge in [-0.3, -0.25) is 0 Å². The van der Waals surface area contributed by atoms with Crippen LogP contribution in [0.15, 0.2) is 12.1 Å². The molecular weight excluding hydrogens is 317 g/mol. The van der Waals surface area contributed by atoms with Gasteiger partial charge in [0.25, 0.3) is 0 Å². The first kappa shape index (κ1) is 20.1. The van der Waals surface area contributed by atoms with Gasteiger partial charge in [-0.2, -0.15) is 4.98 Å². The molecule has 1 aliphatic heterocycles. The van der Waals surface area contributed by atoms with E-state index < -0.39 is 18.3 Å². The lowest BCUT2D eigenvalue weighted by atomic mass is 9.79. The summed E-state index contributed by atoms with van der Waals surface area (Å²) in [6, 6.07) is 3.81. The molecule has 6 heteroatoms. The molecule has 0 spiro atoms. The normalized spacial score (nSPS) is 18.4. The lowest BCUT2D eigenvalue weighted by Gasteiger charge is -2.32. The Morgan fingerprint density at radius 3 is 2.04 bits per heavy atom. The zero-order valence-electron chi connectivity index (χ0n) is 16.6. The van der Waals surface area contributed by atoms with E-state index in [0.717, 1.165) is 31.1 Å². The smallest absolute Gasteiger partial charge is 0.478 e. The Labute approximate surface area is 152 Å². The Hall–Kier alpha value is -1.27. The van der Waals surface area contributed by atoms with Crippen molar-refractivity contribution in [2.45, 2.75) is 78.4 Å². The molecule has 2 heterocycles. The van der Waals surface area contributed by atoms with Gasteiger partial charge < -0.3 is 18.8 Å². The van der Waals surface area contributed by atoms with Crippen molar-refractivity contribution < 1.29 is 18.8 Å². The quantitative estimate of drug-likeness (QED) is 0.502. The molecule has 0 amide bonds. The van der Waals surface area contributed by atoms with Gasteiger partial charge in [0.05, 0.1) is 24.4 Å². The van der Waals surface area contributed by atoms with Crippen molar-refractivity contribution in [2.24, 2.45) is 0 Å². The summed E-state index contributed by atoms with van der Waals surface area (Å²) in [5.74, 6) is 1.13. The van der Waals surface area contributed by atoms with Crippen molar-refractivity contribution in [3.63, 3.8) is 0 Å². The van der Waals surface area contributed by atoms with Crippen molar-refractivity contribution in [3.8, 4) is 11.8 Å². The summed E-state index contributed by atoms with van der Waals surface area (Å²) in [6.45, 7) is 13.7. The fourth-order valence-corrected chi connectivity index (χ4v) is 2.41. The Kier molecular flexibility index (Phi) is 6.75. The van der Waals surface area contributed by atoms with Gasteiger partial charge in [-0.25, -0.2) is 0 Å². The highest BCUT2D eigenvalue weighted by molar-refractivity contribution is 6.63. The number of nitrogens with zero attached hydrogens (tertiary/aromatic N) is 1. The second-order valence-corrected chi connectivity index (χ2v) is 7.54. The van der Waals surface area contributed by atoms with Gasteiger partial charge in [0.2, 0.25) is 11.8 Å². The van der Waals surface area contributed by atoms with E-state index in [1.165, 1.54) is 0 Å². The minimum Gasteiger partial charge on any atom is -0.478 e. The predicted octanol–water partition coefficient (Wildman–Crippen LogP) is 3.74.